The summed E-state index contributed by atoms with van der Waals surface area (Å²) in [5.41, 5.74) is 0.168. The van der Waals surface area contributed by atoms with Crippen LogP contribution in [-0.2, 0) is 12.7 Å². The number of hydrogen-bond donors (Lipinski definition) is 3. The van der Waals surface area contributed by atoms with Crippen molar-refractivity contribution in [2.24, 2.45) is 5.92 Å². The number of hydrogen-bond acceptors (Lipinski definition) is 7. The van der Waals surface area contributed by atoms with Gasteiger partial charge in [0.15, 0.2) is 23.6 Å². The third-order valence-corrected chi connectivity index (χ3v) is 6.17. The van der Waals surface area contributed by atoms with Crippen LogP contribution in [0.1, 0.15) is 58.6 Å². The molecule has 9 nitrogen and oxygen atoms in total. The molecule has 1 saturated carbocycles. The fraction of sp³-hybridized carbons (Fsp3) is 0.435. The zero-order valence-electron chi connectivity index (χ0n) is 19.0. The second-order valence-corrected chi connectivity index (χ2v) is 8.54. The summed E-state index contributed by atoms with van der Waals surface area (Å²) >= 11 is 0. The van der Waals surface area contributed by atoms with Crippen LogP contribution in [0.4, 0.5) is 19.0 Å². The molecule has 0 aliphatic heterocycles. The molecule has 35 heavy (non-hydrogen) atoms. The topological polar surface area (TPSA) is 122 Å². The van der Waals surface area contributed by atoms with E-state index in [2.05, 4.69) is 25.6 Å². The van der Waals surface area contributed by atoms with Gasteiger partial charge in [0.25, 0.3) is 5.91 Å². The Bertz CT molecular complexity index is 1220. The van der Waals surface area contributed by atoms with Crippen LogP contribution in [-0.4, -0.2) is 56.0 Å². The SMILES string of the molecule is CC(Nc1nc(C=O)nc2nc(C(=O)NCCO)n(Cc3ccc(C(F)(F)F)cc3)c12)C1CCC1. The number of aliphatic hydroxyl groups excluding tert-OH is 1. The van der Waals surface area contributed by atoms with Crippen molar-refractivity contribution in [2.75, 3.05) is 18.5 Å². The molecular formula is C23H25F3N6O3. The highest BCUT2D eigenvalue weighted by Crippen LogP contribution is 2.33. The van der Waals surface area contributed by atoms with Crippen LogP contribution in [0.2, 0.25) is 0 Å². The Balaban J connectivity index is 1.80. The van der Waals surface area contributed by atoms with Crippen molar-refractivity contribution in [3.05, 3.63) is 47.0 Å². The number of amides is 1. The van der Waals surface area contributed by atoms with Gasteiger partial charge in [0, 0.05) is 12.6 Å². The minimum Gasteiger partial charge on any atom is -0.395 e. The van der Waals surface area contributed by atoms with Crippen molar-refractivity contribution < 1.29 is 27.9 Å². The lowest BCUT2D eigenvalue weighted by Crippen LogP contribution is -2.31. The maximum absolute atomic E-state index is 13.0. The Hall–Kier alpha value is -3.54. The molecule has 3 aromatic rings. The molecule has 1 aliphatic rings. The van der Waals surface area contributed by atoms with Crippen molar-refractivity contribution in [2.45, 2.75) is 44.9 Å². The van der Waals surface area contributed by atoms with Crippen molar-refractivity contribution in [1.29, 1.82) is 0 Å². The Labute approximate surface area is 198 Å². The van der Waals surface area contributed by atoms with E-state index in [1.54, 1.807) is 0 Å². The summed E-state index contributed by atoms with van der Waals surface area (Å²) in [6, 6.07) is 4.63. The molecule has 1 amide bonds. The largest absolute Gasteiger partial charge is 0.416 e. The summed E-state index contributed by atoms with van der Waals surface area (Å²) in [6.07, 6.45) is -0.732. The van der Waals surface area contributed by atoms with Crippen LogP contribution in [0.25, 0.3) is 11.2 Å². The fourth-order valence-corrected chi connectivity index (χ4v) is 4.04. The monoisotopic (exact) mass is 490 g/mol. The second kappa shape index (κ2) is 9.98. The van der Waals surface area contributed by atoms with Crippen molar-refractivity contribution in [3.63, 3.8) is 0 Å². The lowest BCUT2D eigenvalue weighted by molar-refractivity contribution is -0.137. The first-order chi connectivity index (χ1) is 16.7. The van der Waals surface area contributed by atoms with E-state index in [9.17, 15) is 22.8 Å². The fourth-order valence-electron chi connectivity index (χ4n) is 4.04. The first-order valence-corrected chi connectivity index (χ1v) is 11.3. The molecule has 0 radical (unpaired) electrons. The maximum Gasteiger partial charge on any atom is 0.416 e. The van der Waals surface area contributed by atoms with E-state index >= 15 is 0 Å². The minimum absolute atomic E-state index is 0.00675. The molecule has 1 unspecified atom stereocenters. The first-order valence-electron chi connectivity index (χ1n) is 11.3. The van der Waals surface area contributed by atoms with E-state index in [1.165, 1.54) is 16.7 Å². The number of carbonyl (C=O) groups is 2. The van der Waals surface area contributed by atoms with Crippen LogP contribution in [0.15, 0.2) is 24.3 Å². The van der Waals surface area contributed by atoms with Gasteiger partial charge in [-0.3, -0.25) is 9.59 Å². The Morgan fingerprint density at radius 1 is 1.23 bits per heavy atom. The summed E-state index contributed by atoms with van der Waals surface area (Å²) < 4.78 is 40.5. The number of rotatable bonds is 9. The number of aromatic nitrogens is 4. The predicted octanol–water partition coefficient (Wildman–Crippen LogP) is 3.03. The van der Waals surface area contributed by atoms with Crippen LogP contribution in [0.5, 0.6) is 0 Å². The molecule has 1 fully saturated rings. The minimum atomic E-state index is -4.47. The van der Waals surface area contributed by atoms with Gasteiger partial charge in [-0.1, -0.05) is 18.6 Å². The Morgan fingerprint density at radius 3 is 2.51 bits per heavy atom. The third kappa shape index (κ3) is 5.26. The van der Waals surface area contributed by atoms with Crippen LogP contribution in [0.3, 0.4) is 0 Å². The van der Waals surface area contributed by atoms with Crippen LogP contribution < -0.4 is 10.6 Å². The molecule has 186 valence electrons. The molecule has 2 aromatic heterocycles. The molecule has 3 N–H and O–H groups in total. The summed E-state index contributed by atoms with van der Waals surface area (Å²) in [6.45, 7) is 1.71. The molecule has 2 heterocycles. The number of anilines is 1. The number of aldehydes is 1. The number of nitrogens with one attached hydrogen (secondary N) is 2. The van der Waals surface area contributed by atoms with Gasteiger partial charge in [0.05, 0.1) is 18.7 Å². The molecule has 4 rings (SSSR count). The Morgan fingerprint density at radius 2 is 1.94 bits per heavy atom. The zero-order chi connectivity index (χ0) is 25.2. The molecule has 0 saturated heterocycles. The quantitative estimate of drug-likeness (QED) is 0.394. The van der Waals surface area contributed by atoms with E-state index in [0.29, 0.717) is 29.1 Å². The van der Waals surface area contributed by atoms with E-state index in [4.69, 9.17) is 5.11 Å². The number of nitrogens with zero attached hydrogens (tertiary/aromatic N) is 4. The molecule has 0 spiro atoms. The number of carbonyl (C=O) groups excluding carboxylic acids is 2. The average Bonchev–Trinajstić information content (AvgIpc) is 3.14. The van der Waals surface area contributed by atoms with Gasteiger partial charge in [-0.2, -0.15) is 13.2 Å². The predicted molar refractivity (Wildman–Crippen MR) is 121 cm³/mol. The highest BCUT2D eigenvalue weighted by Gasteiger charge is 2.30. The van der Waals surface area contributed by atoms with Crippen LogP contribution in [0, 0.1) is 5.92 Å². The van der Waals surface area contributed by atoms with Gasteiger partial charge < -0.3 is 20.3 Å². The number of aliphatic hydroxyl groups is 1. The number of benzene rings is 1. The maximum atomic E-state index is 13.0. The van der Waals surface area contributed by atoms with Crippen molar-refractivity contribution in [3.8, 4) is 0 Å². The van der Waals surface area contributed by atoms with E-state index < -0.39 is 17.6 Å². The third-order valence-electron chi connectivity index (χ3n) is 6.17. The van der Waals surface area contributed by atoms with Gasteiger partial charge in [-0.05, 0) is 43.4 Å². The standard InChI is InChI=1S/C23H25F3N6O3/c1-13(15-3-2-4-15)28-19-18-20(30-17(12-34)29-19)31-21(22(35)27-9-10-33)32(18)11-14-5-7-16(8-6-14)23(24,25)26/h5-8,12-13,15,33H,2-4,9-11H2,1H3,(H,27,35)(H,28,29,30). The summed E-state index contributed by atoms with van der Waals surface area (Å²) in [5, 5.41) is 14.9. The molecule has 0 bridgehead atoms. The van der Waals surface area contributed by atoms with Crippen molar-refractivity contribution >= 4 is 29.2 Å². The van der Waals surface area contributed by atoms with E-state index in [1.807, 2.05) is 6.92 Å². The van der Waals surface area contributed by atoms with Gasteiger partial charge in [0.2, 0.25) is 5.82 Å². The molecule has 12 heteroatoms. The normalized spacial score (nSPS) is 15.0. The second-order valence-electron chi connectivity index (χ2n) is 8.54. The van der Waals surface area contributed by atoms with E-state index in [-0.39, 0.29) is 43.0 Å². The Kier molecular flexibility index (Phi) is 7.01. The zero-order valence-corrected chi connectivity index (χ0v) is 19.0. The lowest BCUT2D eigenvalue weighted by Gasteiger charge is -2.32. The number of imidazole rings is 1. The highest BCUT2D eigenvalue weighted by molar-refractivity contribution is 5.97. The summed E-state index contributed by atoms with van der Waals surface area (Å²) in [5.74, 6) is -0.0302. The average molecular weight is 490 g/mol. The number of alkyl halides is 3. The number of halogens is 3. The van der Waals surface area contributed by atoms with Crippen LogP contribution >= 0.6 is 0 Å². The molecule has 1 atom stereocenters. The van der Waals surface area contributed by atoms with Gasteiger partial charge in [0.1, 0.15) is 5.52 Å². The van der Waals surface area contributed by atoms with Crippen molar-refractivity contribution in [1.82, 2.24) is 24.8 Å². The number of fused-ring (bicyclic) bond motifs is 1. The lowest BCUT2D eigenvalue weighted by atomic mass is 9.80. The highest BCUT2D eigenvalue weighted by atomic mass is 19.4. The van der Waals surface area contributed by atoms with Gasteiger partial charge >= 0.3 is 6.18 Å². The molecular weight excluding hydrogens is 465 g/mol. The summed E-state index contributed by atoms with van der Waals surface area (Å²) in [4.78, 5) is 37.1. The van der Waals surface area contributed by atoms with Gasteiger partial charge in [-0.15, -0.1) is 0 Å². The molecule has 1 aromatic carbocycles. The van der Waals surface area contributed by atoms with Gasteiger partial charge in [-0.25, -0.2) is 15.0 Å². The molecule has 1 aliphatic carbocycles. The van der Waals surface area contributed by atoms with E-state index in [0.717, 1.165) is 31.4 Å². The summed E-state index contributed by atoms with van der Waals surface area (Å²) in [7, 11) is 0. The smallest absolute Gasteiger partial charge is 0.395 e. The first kappa shape index (κ1) is 24.6.